The first-order valence-electron chi connectivity index (χ1n) is 8.51. The number of hydrogen-bond acceptors (Lipinski definition) is 7. The Balaban J connectivity index is 1.21. The van der Waals surface area contributed by atoms with Crippen molar-refractivity contribution < 1.29 is 4.74 Å². The molecule has 0 aromatic carbocycles. The lowest BCUT2D eigenvalue weighted by Gasteiger charge is -2.44. The quantitative estimate of drug-likeness (QED) is 0.670. The SMILES string of the molecule is CN(Cc1cn2c(n1)COCC2)C1CN(c2ccc3nncn3n2)C1. The highest BCUT2D eigenvalue weighted by atomic mass is 16.5. The highest BCUT2D eigenvalue weighted by Crippen LogP contribution is 2.22. The van der Waals surface area contributed by atoms with Crippen LogP contribution in [0.15, 0.2) is 24.7 Å². The molecule has 0 N–H and O–H groups in total. The maximum atomic E-state index is 5.46. The van der Waals surface area contributed by atoms with Gasteiger partial charge in [0.15, 0.2) is 5.65 Å². The summed E-state index contributed by atoms with van der Waals surface area (Å²) in [5, 5.41) is 12.4. The number of nitrogens with zero attached hydrogens (tertiary/aromatic N) is 8. The molecule has 1 saturated heterocycles. The van der Waals surface area contributed by atoms with Gasteiger partial charge < -0.3 is 14.2 Å². The summed E-state index contributed by atoms with van der Waals surface area (Å²) in [6, 6.07) is 4.46. The van der Waals surface area contributed by atoms with E-state index >= 15 is 0 Å². The van der Waals surface area contributed by atoms with E-state index in [1.165, 1.54) is 0 Å². The Hall–Kier alpha value is -2.52. The number of likely N-dealkylation sites (N-methyl/N-ethyl adjacent to an activating group) is 1. The van der Waals surface area contributed by atoms with Crippen molar-refractivity contribution >= 4 is 11.5 Å². The summed E-state index contributed by atoms with van der Waals surface area (Å²) >= 11 is 0. The molecule has 9 nitrogen and oxygen atoms in total. The standard InChI is InChI=1S/C16H20N8O/c1-21(6-12-7-22-4-5-25-10-16(22)18-12)13-8-23(9-13)15-3-2-14-19-17-11-24(14)20-15/h2-3,7,11,13H,4-6,8-10H2,1H3. The van der Waals surface area contributed by atoms with E-state index in [2.05, 4.69) is 42.9 Å². The second-order valence-corrected chi connectivity index (χ2v) is 6.69. The summed E-state index contributed by atoms with van der Waals surface area (Å²) < 4.78 is 9.38. The zero-order valence-electron chi connectivity index (χ0n) is 14.1. The molecule has 0 radical (unpaired) electrons. The van der Waals surface area contributed by atoms with Crippen molar-refractivity contribution in [1.82, 2.24) is 34.3 Å². The predicted octanol–water partition coefficient (Wildman–Crippen LogP) is 0.172. The largest absolute Gasteiger partial charge is 0.372 e. The van der Waals surface area contributed by atoms with E-state index in [4.69, 9.17) is 9.72 Å². The van der Waals surface area contributed by atoms with Crippen LogP contribution in [0.3, 0.4) is 0 Å². The average Bonchev–Trinajstić information content (AvgIpc) is 3.18. The van der Waals surface area contributed by atoms with E-state index < -0.39 is 0 Å². The smallest absolute Gasteiger partial charge is 0.177 e. The van der Waals surface area contributed by atoms with Crippen molar-refractivity contribution in [1.29, 1.82) is 0 Å². The molecule has 2 aliphatic rings. The van der Waals surface area contributed by atoms with Gasteiger partial charge in [-0.25, -0.2) is 4.98 Å². The molecule has 0 atom stereocenters. The molecule has 9 heteroatoms. The average molecular weight is 340 g/mol. The van der Waals surface area contributed by atoms with Gasteiger partial charge in [0.25, 0.3) is 0 Å². The van der Waals surface area contributed by atoms with E-state index in [0.29, 0.717) is 12.6 Å². The van der Waals surface area contributed by atoms with Crippen LogP contribution < -0.4 is 4.90 Å². The lowest BCUT2D eigenvalue weighted by Crippen LogP contribution is -2.58. The van der Waals surface area contributed by atoms with E-state index in [9.17, 15) is 0 Å². The third-order valence-electron chi connectivity index (χ3n) is 4.99. The van der Waals surface area contributed by atoms with Crippen molar-refractivity contribution in [2.45, 2.75) is 25.7 Å². The molecule has 5 heterocycles. The van der Waals surface area contributed by atoms with Crippen LogP contribution in [0.5, 0.6) is 0 Å². The Morgan fingerprint density at radius 1 is 1.32 bits per heavy atom. The molecule has 0 bridgehead atoms. The molecule has 3 aromatic heterocycles. The van der Waals surface area contributed by atoms with Crippen molar-refractivity contribution in [3.8, 4) is 0 Å². The summed E-state index contributed by atoms with van der Waals surface area (Å²) in [7, 11) is 2.16. The molecular formula is C16H20N8O. The molecule has 0 aliphatic carbocycles. The van der Waals surface area contributed by atoms with E-state index in [1.807, 2.05) is 12.1 Å². The minimum absolute atomic E-state index is 0.508. The summed E-state index contributed by atoms with van der Waals surface area (Å²) in [5.41, 5.74) is 1.89. The Morgan fingerprint density at radius 2 is 2.24 bits per heavy atom. The van der Waals surface area contributed by atoms with E-state index in [-0.39, 0.29) is 0 Å². The lowest BCUT2D eigenvalue weighted by atomic mass is 10.1. The Labute approximate surface area is 144 Å². The summed E-state index contributed by atoms with van der Waals surface area (Å²) in [6.45, 7) is 5.09. The fraction of sp³-hybridized carbons (Fsp3) is 0.500. The molecule has 3 aromatic rings. The van der Waals surface area contributed by atoms with Crippen molar-refractivity contribution in [3.05, 3.63) is 36.2 Å². The zero-order chi connectivity index (χ0) is 16.8. The second kappa shape index (κ2) is 5.78. The van der Waals surface area contributed by atoms with Gasteiger partial charge in [0, 0.05) is 38.4 Å². The molecule has 25 heavy (non-hydrogen) atoms. The van der Waals surface area contributed by atoms with Crippen LogP contribution in [-0.4, -0.2) is 67.0 Å². The number of anilines is 1. The Morgan fingerprint density at radius 3 is 3.12 bits per heavy atom. The maximum absolute atomic E-state index is 5.46. The van der Waals surface area contributed by atoms with Crippen LogP contribution in [0.4, 0.5) is 5.82 Å². The Kier molecular flexibility index (Phi) is 3.42. The van der Waals surface area contributed by atoms with E-state index in [0.717, 1.165) is 55.8 Å². The van der Waals surface area contributed by atoms with Crippen LogP contribution in [0.25, 0.3) is 5.65 Å². The monoisotopic (exact) mass is 340 g/mol. The van der Waals surface area contributed by atoms with Crippen molar-refractivity contribution in [3.63, 3.8) is 0 Å². The van der Waals surface area contributed by atoms with E-state index in [1.54, 1.807) is 10.8 Å². The fourth-order valence-electron chi connectivity index (χ4n) is 3.42. The molecule has 1 fully saturated rings. The van der Waals surface area contributed by atoms with Gasteiger partial charge in [-0.05, 0) is 19.2 Å². The summed E-state index contributed by atoms with van der Waals surface area (Å²) in [6.07, 6.45) is 3.79. The number of imidazole rings is 1. The van der Waals surface area contributed by atoms with Gasteiger partial charge in [0.1, 0.15) is 24.6 Å². The number of aromatic nitrogens is 6. The predicted molar refractivity (Wildman–Crippen MR) is 90.1 cm³/mol. The number of ether oxygens (including phenoxy) is 1. The fourth-order valence-corrected chi connectivity index (χ4v) is 3.42. The zero-order valence-corrected chi connectivity index (χ0v) is 14.1. The molecule has 0 amide bonds. The van der Waals surface area contributed by atoms with Crippen LogP contribution >= 0.6 is 0 Å². The first kappa shape index (κ1) is 14.8. The molecule has 0 unspecified atom stereocenters. The van der Waals surface area contributed by atoms with Crippen molar-refractivity contribution in [2.75, 3.05) is 31.6 Å². The van der Waals surface area contributed by atoms with Gasteiger partial charge in [-0.1, -0.05) is 0 Å². The van der Waals surface area contributed by atoms with Gasteiger partial charge in [-0.15, -0.1) is 15.3 Å². The third-order valence-corrected chi connectivity index (χ3v) is 4.99. The first-order valence-corrected chi connectivity index (χ1v) is 8.51. The summed E-state index contributed by atoms with van der Waals surface area (Å²) in [4.78, 5) is 9.32. The Bertz CT molecular complexity index is 873. The summed E-state index contributed by atoms with van der Waals surface area (Å²) in [5.74, 6) is 2.00. The molecule has 2 aliphatic heterocycles. The van der Waals surface area contributed by atoms with Crippen LogP contribution in [-0.2, 0) is 24.4 Å². The molecule has 5 rings (SSSR count). The normalized spacial score (nSPS) is 17.9. The van der Waals surface area contributed by atoms with Crippen LogP contribution in [0.2, 0.25) is 0 Å². The van der Waals surface area contributed by atoms with Gasteiger partial charge in [0.05, 0.1) is 12.3 Å². The minimum atomic E-state index is 0.508. The third kappa shape index (κ3) is 2.65. The van der Waals surface area contributed by atoms with Gasteiger partial charge in [-0.2, -0.15) is 4.52 Å². The molecule has 0 spiro atoms. The molecule has 0 saturated carbocycles. The first-order chi connectivity index (χ1) is 12.3. The van der Waals surface area contributed by atoms with Crippen LogP contribution in [0.1, 0.15) is 11.5 Å². The second-order valence-electron chi connectivity index (χ2n) is 6.69. The molecule has 130 valence electrons. The minimum Gasteiger partial charge on any atom is -0.372 e. The maximum Gasteiger partial charge on any atom is 0.177 e. The van der Waals surface area contributed by atoms with Crippen molar-refractivity contribution in [2.24, 2.45) is 0 Å². The number of fused-ring (bicyclic) bond motifs is 2. The van der Waals surface area contributed by atoms with Gasteiger partial charge >= 0.3 is 0 Å². The lowest BCUT2D eigenvalue weighted by molar-refractivity contribution is 0.0816. The molecular weight excluding hydrogens is 320 g/mol. The highest BCUT2D eigenvalue weighted by Gasteiger charge is 2.31. The van der Waals surface area contributed by atoms with Gasteiger partial charge in [-0.3, -0.25) is 4.90 Å². The number of rotatable bonds is 4. The topological polar surface area (TPSA) is 76.6 Å². The number of hydrogen-bond donors (Lipinski definition) is 0. The highest BCUT2D eigenvalue weighted by molar-refractivity contribution is 5.47. The van der Waals surface area contributed by atoms with Gasteiger partial charge in [0.2, 0.25) is 0 Å². The van der Waals surface area contributed by atoms with Crippen LogP contribution in [0, 0.1) is 0 Å².